The molecule has 1 amide bonds. The van der Waals surface area contributed by atoms with Gasteiger partial charge in [-0.3, -0.25) is 4.79 Å². The maximum absolute atomic E-state index is 11.9. The van der Waals surface area contributed by atoms with E-state index in [0.29, 0.717) is 19.1 Å². The van der Waals surface area contributed by atoms with Crippen LogP contribution in [0, 0.1) is 5.92 Å². The quantitative estimate of drug-likeness (QED) is 0.694. The topological polar surface area (TPSA) is 73.6 Å². The van der Waals surface area contributed by atoms with E-state index in [4.69, 9.17) is 15.2 Å². The second-order valence-corrected chi connectivity index (χ2v) is 5.78. The second kappa shape index (κ2) is 8.82. The maximum atomic E-state index is 11.9. The van der Waals surface area contributed by atoms with E-state index in [1.165, 1.54) is 0 Å². The number of hydrogen-bond acceptors (Lipinski definition) is 4. The molecule has 1 unspecified atom stereocenters. The van der Waals surface area contributed by atoms with Crippen LogP contribution in [0.5, 0.6) is 0 Å². The van der Waals surface area contributed by atoms with Crippen molar-refractivity contribution in [1.29, 1.82) is 0 Å². The van der Waals surface area contributed by atoms with Gasteiger partial charge in [0, 0.05) is 25.7 Å². The van der Waals surface area contributed by atoms with Crippen LogP contribution in [0.25, 0.3) is 0 Å². The van der Waals surface area contributed by atoms with Crippen LogP contribution < -0.4 is 11.1 Å². The molecule has 2 aliphatic rings. The molecule has 1 saturated carbocycles. The maximum Gasteiger partial charge on any atom is 0.240 e. The first-order chi connectivity index (χ1) is 9.21. The second-order valence-electron chi connectivity index (χ2n) is 5.78. The minimum absolute atomic E-state index is 0. The van der Waals surface area contributed by atoms with Crippen molar-refractivity contribution in [3.05, 3.63) is 0 Å². The highest BCUT2D eigenvalue weighted by atomic mass is 35.5. The lowest BCUT2D eigenvalue weighted by atomic mass is 9.98. The first kappa shape index (κ1) is 17.7. The summed E-state index contributed by atoms with van der Waals surface area (Å²) >= 11 is 0. The lowest BCUT2D eigenvalue weighted by molar-refractivity contribution is -0.126. The van der Waals surface area contributed by atoms with Crippen molar-refractivity contribution < 1.29 is 14.3 Å². The molecule has 1 saturated heterocycles. The summed E-state index contributed by atoms with van der Waals surface area (Å²) in [6.07, 6.45) is 5.71. The molecule has 2 rings (SSSR count). The summed E-state index contributed by atoms with van der Waals surface area (Å²) in [4.78, 5) is 11.9. The van der Waals surface area contributed by atoms with Gasteiger partial charge in [-0.2, -0.15) is 0 Å². The number of halogens is 1. The highest BCUT2D eigenvalue weighted by Gasteiger charge is 2.36. The van der Waals surface area contributed by atoms with Crippen LogP contribution in [0.1, 0.15) is 38.5 Å². The molecule has 0 spiro atoms. The minimum Gasteiger partial charge on any atom is -0.381 e. The van der Waals surface area contributed by atoms with Crippen LogP contribution in [0.2, 0.25) is 0 Å². The largest absolute Gasteiger partial charge is 0.381 e. The van der Waals surface area contributed by atoms with Gasteiger partial charge in [-0.1, -0.05) is 12.8 Å². The fourth-order valence-electron chi connectivity index (χ4n) is 2.75. The molecule has 0 bridgehead atoms. The minimum atomic E-state index is -0.609. The third-order valence-electron chi connectivity index (χ3n) is 4.08. The predicted molar refractivity (Wildman–Crippen MR) is 80.0 cm³/mol. The zero-order chi connectivity index (χ0) is 13.6. The van der Waals surface area contributed by atoms with Gasteiger partial charge in [0.2, 0.25) is 5.91 Å². The number of hydrogen-bond donors (Lipinski definition) is 2. The molecule has 1 heterocycles. The first-order valence-corrected chi connectivity index (χ1v) is 7.43. The Bertz CT molecular complexity index is 290. The van der Waals surface area contributed by atoms with Crippen molar-refractivity contribution in [2.45, 2.75) is 44.1 Å². The van der Waals surface area contributed by atoms with E-state index in [1.54, 1.807) is 0 Å². The van der Waals surface area contributed by atoms with Gasteiger partial charge in [0.15, 0.2) is 0 Å². The van der Waals surface area contributed by atoms with Gasteiger partial charge in [0.25, 0.3) is 0 Å². The fraction of sp³-hybridized carbons (Fsp3) is 0.929. The van der Waals surface area contributed by atoms with Crippen molar-refractivity contribution >= 4 is 18.3 Å². The Labute approximate surface area is 127 Å². The summed E-state index contributed by atoms with van der Waals surface area (Å²) in [7, 11) is 0. The third kappa shape index (κ3) is 5.20. The summed E-state index contributed by atoms with van der Waals surface area (Å²) < 4.78 is 10.9. The molecule has 0 radical (unpaired) electrons. The highest BCUT2D eigenvalue weighted by molar-refractivity contribution is 5.86. The van der Waals surface area contributed by atoms with Crippen LogP contribution in [0.15, 0.2) is 0 Å². The van der Waals surface area contributed by atoms with E-state index >= 15 is 0 Å². The molecular weight excluding hydrogens is 280 g/mol. The zero-order valence-corrected chi connectivity index (χ0v) is 12.9. The summed E-state index contributed by atoms with van der Waals surface area (Å²) in [5, 5.41) is 2.92. The number of ether oxygens (including phenoxy) is 2. The molecule has 3 N–H and O–H groups in total. The van der Waals surface area contributed by atoms with Gasteiger partial charge >= 0.3 is 0 Å². The van der Waals surface area contributed by atoms with Gasteiger partial charge in [-0.05, 0) is 25.7 Å². The molecule has 0 aromatic heterocycles. The number of amides is 1. The van der Waals surface area contributed by atoms with Crippen LogP contribution >= 0.6 is 12.4 Å². The number of carbonyl (C=O) groups excluding carboxylic acids is 1. The van der Waals surface area contributed by atoms with Crippen molar-refractivity contribution in [3.8, 4) is 0 Å². The van der Waals surface area contributed by atoms with Gasteiger partial charge in [0.05, 0.1) is 18.8 Å². The zero-order valence-electron chi connectivity index (χ0n) is 12.1. The van der Waals surface area contributed by atoms with Crippen molar-refractivity contribution in [2.24, 2.45) is 11.7 Å². The third-order valence-corrected chi connectivity index (χ3v) is 4.08. The smallest absolute Gasteiger partial charge is 0.240 e. The van der Waals surface area contributed by atoms with Crippen LogP contribution in [-0.2, 0) is 14.3 Å². The summed E-state index contributed by atoms with van der Waals surface area (Å²) in [6.45, 7) is 3.80. The molecule has 2 fully saturated rings. The van der Waals surface area contributed by atoms with Crippen LogP contribution in [0.3, 0.4) is 0 Å². The standard InChI is InChI=1S/C14H26N2O3.ClH/c15-14(5-1-2-6-14)13(17)16-7-3-8-18-10-12-4-9-19-11-12;/h12H,1-11,15H2,(H,16,17);1H. The van der Waals surface area contributed by atoms with Crippen molar-refractivity contribution in [3.63, 3.8) is 0 Å². The van der Waals surface area contributed by atoms with Crippen molar-refractivity contribution in [1.82, 2.24) is 5.32 Å². The molecule has 20 heavy (non-hydrogen) atoms. The van der Waals surface area contributed by atoms with E-state index in [1.807, 2.05) is 0 Å². The summed E-state index contributed by atoms with van der Waals surface area (Å²) in [5.74, 6) is 0.564. The Kier molecular flexibility index (Phi) is 7.80. The average molecular weight is 307 g/mol. The van der Waals surface area contributed by atoms with Crippen LogP contribution in [-0.4, -0.2) is 44.4 Å². The van der Waals surface area contributed by atoms with E-state index < -0.39 is 5.54 Å². The fourth-order valence-corrected chi connectivity index (χ4v) is 2.75. The van der Waals surface area contributed by atoms with E-state index in [2.05, 4.69) is 5.32 Å². The van der Waals surface area contributed by atoms with Gasteiger partial charge < -0.3 is 20.5 Å². The number of nitrogens with one attached hydrogen (secondary N) is 1. The summed E-state index contributed by atoms with van der Waals surface area (Å²) in [5.41, 5.74) is 5.46. The average Bonchev–Trinajstić information content (AvgIpc) is 3.05. The number of nitrogens with two attached hydrogens (primary N) is 1. The molecule has 1 atom stereocenters. The highest BCUT2D eigenvalue weighted by Crippen LogP contribution is 2.27. The van der Waals surface area contributed by atoms with Gasteiger partial charge in [-0.15, -0.1) is 12.4 Å². The summed E-state index contributed by atoms with van der Waals surface area (Å²) in [6, 6.07) is 0. The molecule has 118 valence electrons. The first-order valence-electron chi connectivity index (χ1n) is 7.43. The molecule has 1 aliphatic carbocycles. The van der Waals surface area contributed by atoms with E-state index in [-0.39, 0.29) is 18.3 Å². The Hall–Kier alpha value is -0.360. The molecule has 0 aromatic rings. The van der Waals surface area contributed by atoms with Crippen molar-refractivity contribution in [2.75, 3.05) is 33.0 Å². The Morgan fingerprint density at radius 1 is 1.40 bits per heavy atom. The normalized spacial score (nSPS) is 24.4. The Morgan fingerprint density at radius 3 is 2.80 bits per heavy atom. The Balaban J connectivity index is 0.00000200. The molecular formula is C14H27ClN2O3. The molecule has 6 heteroatoms. The van der Waals surface area contributed by atoms with Gasteiger partial charge in [-0.25, -0.2) is 0 Å². The lowest BCUT2D eigenvalue weighted by Crippen LogP contribution is -2.52. The van der Waals surface area contributed by atoms with Crippen LogP contribution in [0.4, 0.5) is 0 Å². The van der Waals surface area contributed by atoms with E-state index in [9.17, 15) is 4.79 Å². The monoisotopic (exact) mass is 306 g/mol. The molecule has 1 aliphatic heterocycles. The van der Waals surface area contributed by atoms with Gasteiger partial charge in [0.1, 0.15) is 0 Å². The SMILES string of the molecule is Cl.NC1(C(=O)NCCCOCC2CCOC2)CCCC1. The van der Waals surface area contributed by atoms with E-state index in [0.717, 1.165) is 58.3 Å². The predicted octanol–water partition coefficient (Wildman–Crippen LogP) is 1.24. The molecule has 5 nitrogen and oxygen atoms in total. The Morgan fingerprint density at radius 2 is 2.15 bits per heavy atom. The molecule has 0 aromatic carbocycles. The lowest BCUT2D eigenvalue weighted by Gasteiger charge is -2.22. The number of rotatable bonds is 7. The number of carbonyl (C=O) groups is 1.